The number of hydrogen-bond donors (Lipinski definition) is 0. The number of thiazole rings is 1. The first-order valence-electron chi connectivity index (χ1n) is 13.0. The van der Waals surface area contributed by atoms with Crippen LogP contribution >= 0.6 is 11.3 Å². The maximum atomic E-state index is 13.9. The molecule has 0 aliphatic heterocycles. The van der Waals surface area contributed by atoms with E-state index in [9.17, 15) is 22.8 Å². The molecule has 1 saturated carbocycles. The number of nitrogens with zero attached hydrogens (tertiary/aromatic N) is 3. The fourth-order valence-electron chi connectivity index (χ4n) is 5.38. The monoisotopic (exact) mass is 571 g/mol. The van der Waals surface area contributed by atoms with Gasteiger partial charge in [-0.3, -0.25) is 19.1 Å². The SMILES string of the molecule is COc1ccc2c(c1)c(CC(=O)N(c1nccs1)C1CCCCC1)c(C)n2C(=O)c1ccc(OC(F)(F)F)cc1. The lowest BCUT2D eigenvalue weighted by molar-refractivity contribution is -0.274. The fourth-order valence-corrected chi connectivity index (χ4v) is 6.11. The van der Waals surface area contributed by atoms with Crippen molar-refractivity contribution in [2.75, 3.05) is 12.0 Å². The minimum atomic E-state index is -4.83. The molecule has 1 fully saturated rings. The third-order valence-electron chi connectivity index (χ3n) is 7.24. The molecule has 2 aromatic heterocycles. The van der Waals surface area contributed by atoms with Crippen molar-refractivity contribution < 1.29 is 32.2 Å². The summed E-state index contributed by atoms with van der Waals surface area (Å²) in [5.41, 5.74) is 2.00. The summed E-state index contributed by atoms with van der Waals surface area (Å²) in [6, 6.07) is 10.1. The molecule has 7 nitrogen and oxygen atoms in total. The number of rotatable bonds is 7. The fraction of sp³-hybridized carbons (Fsp3) is 0.345. The summed E-state index contributed by atoms with van der Waals surface area (Å²) in [6.07, 6.45) is 1.97. The molecule has 0 atom stereocenters. The van der Waals surface area contributed by atoms with Gasteiger partial charge in [0, 0.05) is 34.3 Å². The average Bonchev–Trinajstić information content (AvgIpc) is 3.55. The Kier molecular flexibility index (Phi) is 7.84. The summed E-state index contributed by atoms with van der Waals surface area (Å²) >= 11 is 1.42. The van der Waals surface area contributed by atoms with Crippen LogP contribution in [0.3, 0.4) is 0 Å². The van der Waals surface area contributed by atoms with Crippen molar-refractivity contribution in [3.63, 3.8) is 0 Å². The number of alkyl halides is 3. The van der Waals surface area contributed by atoms with Gasteiger partial charge in [0.1, 0.15) is 11.5 Å². The Bertz CT molecular complexity index is 1510. The van der Waals surface area contributed by atoms with Gasteiger partial charge in [-0.25, -0.2) is 4.98 Å². The van der Waals surface area contributed by atoms with Crippen LogP contribution in [0.25, 0.3) is 10.9 Å². The van der Waals surface area contributed by atoms with Crippen LogP contribution in [-0.2, 0) is 11.2 Å². The van der Waals surface area contributed by atoms with E-state index >= 15 is 0 Å². The van der Waals surface area contributed by atoms with Gasteiger partial charge in [0.25, 0.3) is 5.91 Å². The molecule has 1 amide bonds. The number of carbonyl (C=O) groups excluding carboxylic acids is 2. The van der Waals surface area contributed by atoms with Gasteiger partial charge in [-0.2, -0.15) is 0 Å². The second kappa shape index (κ2) is 11.3. The zero-order valence-corrected chi connectivity index (χ0v) is 22.8. The van der Waals surface area contributed by atoms with Crippen LogP contribution in [-0.4, -0.2) is 40.9 Å². The Hall–Kier alpha value is -3.86. The van der Waals surface area contributed by atoms with E-state index in [0.29, 0.717) is 33.0 Å². The van der Waals surface area contributed by atoms with Crippen LogP contribution in [0, 0.1) is 6.92 Å². The Balaban J connectivity index is 1.53. The van der Waals surface area contributed by atoms with Crippen LogP contribution in [0.5, 0.6) is 11.5 Å². The van der Waals surface area contributed by atoms with E-state index in [2.05, 4.69) is 9.72 Å². The van der Waals surface area contributed by atoms with Crippen molar-refractivity contribution in [2.24, 2.45) is 0 Å². The number of benzene rings is 2. The molecule has 2 aromatic carbocycles. The van der Waals surface area contributed by atoms with Crippen LogP contribution < -0.4 is 14.4 Å². The average molecular weight is 572 g/mol. The van der Waals surface area contributed by atoms with Crippen LogP contribution in [0.1, 0.15) is 53.7 Å². The van der Waals surface area contributed by atoms with Gasteiger partial charge < -0.3 is 9.47 Å². The Morgan fingerprint density at radius 1 is 1.07 bits per heavy atom. The van der Waals surface area contributed by atoms with E-state index in [1.807, 2.05) is 10.3 Å². The highest BCUT2D eigenvalue weighted by molar-refractivity contribution is 7.13. The van der Waals surface area contributed by atoms with Crippen molar-refractivity contribution in [2.45, 2.75) is 57.9 Å². The largest absolute Gasteiger partial charge is 0.573 e. The number of halogens is 3. The lowest BCUT2D eigenvalue weighted by Crippen LogP contribution is -2.42. The molecular weight excluding hydrogens is 543 g/mol. The van der Waals surface area contributed by atoms with Crippen molar-refractivity contribution >= 4 is 39.2 Å². The first-order chi connectivity index (χ1) is 19.2. The Morgan fingerprint density at radius 2 is 1.77 bits per heavy atom. The Labute approximate surface area is 233 Å². The summed E-state index contributed by atoms with van der Waals surface area (Å²) in [5, 5.41) is 3.20. The van der Waals surface area contributed by atoms with Crippen LogP contribution in [0.2, 0.25) is 0 Å². The van der Waals surface area contributed by atoms with Crippen LogP contribution in [0.4, 0.5) is 18.3 Å². The van der Waals surface area contributed by atoms with Crippen LogP contribution in [0.15, 0.2) is 54.0 Å². The van der Waals surface area contributed by atoms with E-state index < -0.39 is 18.0 Å². The first-order valence-corrected chi connectivity index (χ1v) is 13.8. The summed E-state index contributed by atoms with van der Waals surface area (Å²) in [5.74, 6) is -0.385. The summed E-state index contributed by atoms with van der Waals surface area (Å²) < 4.78 is 48.6. The lowest BCUT2D eigenvalue weighted by atomic mass is 9.94. The maximum Gasteiger partial charge on any atom is 0.573 e. The molecule has 11 heteroatoms. The highest BCUT2D eigenvalue weighted by atomic mass is 32.1. The number of hydrogen-bond acceptors (Lipinski definition) is 6. The zero-order valence-electron chi connectivity index (χ0n) is 22.0. The summed E-state index contributed by atoms with van der Waals surface area (Å²) in [7, 11) is 1.54. The number of aromatic nitrogens is 2. The standard InChI is InChI=1S/C29H28F3N3O4S/c1-18-23(17-26(36)35(28-33-14-15-40-28)20-6-4-3-5-7-20)24-16-22(38-2)12-13-25(24)34(18)27(37)19-8-10-21(11-9-19)39-29(30,31)32/h8-16,20H,3-7,17H2,1-2H3. The van der Waals surface area contributed by atoms with E-state index in [0.717, 1.165) is 44.2 Å². The van der Waals surface area contributed by atoms with Gasteiger partial charge >= 0.3 is 6.36 Å². The molecule has 0 saturated heterocycles. The quantitative estimate of drug-likeness (QED) is 0.241. The number of methoxy groups -OCH3 is 1. The predicted octanol–water partition coefficient (Wildman–Crippen LogP) is 6.91. The summed E-state index contributed by atoms with van der Waals surface area (Å²) in [6.45, 7) is 1.77. The third-order valence-corrected chi connectivity index (χ3v) is 8.01. The molecule has 1 aliphatic carbocycles. The number of carbonyl (C=O) groups is 2. The molecule has 5 rings (SSSR count). The second-order valence-corrected chi connectivity index (χ2v) is 10.6. The van der Waals surface area contributed by atoms with Crippen molar-refractivity contribution in [1.29, 1.82) is 0 Å². The minimum Gasteiger partial charge on any atom is -0.497 e. The van der Waals surface area contributed by atoms with Crippen molar-refractivity contribution in [3.8, 4) is 11.5 Å². The molecule has 4 aromatic rings. The van der Waals surface area contributed by atoms with Gasteiger partial charge in [0.15, 0.2) is 5.13 Å². The Morgan fingerprint density at radius 3 is 2.40 bits per heavy atom. The third kappa shape index (κ3) is 5.70. The lowest BCUT2D eigenvalue weighted by Gasteiger charge is -2.32. The highest BCUT2D eigenvalue weighted by Crippen LogP contribution is 2.34. The van der Waals surface area contributed by atoms with E-state index in [-0.39, 0.29) is 23.9 Å². The number of anilines is 1. The molecule has 0 unspecified atom stereocenters. The highest BCUT2D eigenvalue weighted by Gasteiger charge is 2.32. The molecule has 40 heavy (non-hydrogen) atoms. The molecule has 0 bridgehead atoms. The first kappa shape index (κ1) is 27.7. The molecule has 1 aliphatic rings. The van der Waals surface area contributed by atoms with Gasteiger partial charge in [0.2, 0.25) is 5.91 Å². The summed E-state index contributed by atoms with van der Waals surface area (Å²) in [4.78, 5) is 33.8. The predicted molar refractivity (Wildman–Crippen MR) is 146 cm³/mol. The number of ether oxygens (including phenoxy) is 2. The normalized spacial score (nSPS) is 14.3. The molecule has 210 valence electrons. The molecule has 0 N–H and O–H groups in total. The number of fused-ring (bicyclic) bond motifs is 1. The molecule has 0 radical (unpaired) electrons. The van der Waals surface area contributed by atoms with E-state index in [1.54, 1.807) is 38.4 Å². The zero-order chi connectivity index (χ0) is 28.4. The van der Waals surface area contributed by atoms with Gasteiger partial charge in [0.05, 0.1) is 19.0 Å². The topological polar surface area (TPSA) is 73.7 Å². The molecule has 2 heterocycles. The minimum absolute atomic E-state index is 0.0459. The van der Waals surface area contributed by atoms with Crippen molar-refractivity contribution in [3.05, 3.63) is 70.9 Å². The van der Waals surface area contributed by atoms with Crippen molar-refractivity contribution in [1.82, 2.24) is 9.55 Å². The smallest absolute Gasteiger partial charge is 0.497 e. The molecule has 0 spiro atoms. The second-order valence-electron chi connectivity index (χ2n) is 9.71. The van der Waals surface area contributed by atoms with E-state index in [1.165, 1.54) is 28.0 Å². The molecular formula is C29H28F3N3O4S. The van der Waals surface area contributed by atoms with Gasteiger partial charge in [-0.1, -0.05) is 19.3 Å². The number of amides is 1. The van der Waals surface area contributed by atoms with Gasteiger partial charge in [-0.05, 0) is 67.8 Å². The van der Waals surface area contributed by atoms with E-state index in [4.69, 9.17) is 4.74 Å². The maximum absolute atomic E-state index is 13.9. The van der Waals surface area contributed by atoms with Gasteiger partial charge in [-0.15, -0.1) is 24.5 Å².